The third-order valence-electron chi connectivity index (χ3n) is 4.21. The first-order chi connectivity index (χ1) is 13.5. The van der Waals surface area contributed by atoms with Crippen LogP contribution in [-0.4, -0.2) is 15.5 Å². The highest BCUT2D eigenvalue weighted by Crippen LogP contribution is 2.34. The SMILES string of the molecule is COc1ccccc1N(Cc1ccccc1C#N)S(=O)(=O)c1ccc(Cl)cc1. The van der Waals surface area contributed by atoms with E-state index in [2.05, 4.69) is 6.07 Å². The predicted octanol–water partition coefficient (Wildman–Crippen LogP) is 4.62. The Bertz CT molecular complexity index is 1120. The van der Waals surface area contributed by atoms with Gasteiger partial charge in [-0.15, -0.1) is 0 Å². The van der Waals surface area contributed by atoms with E-state index in [9.17, 15) is 13.7 Å². The monoisotopic (exact) mass is 412 g/mol. The number of hydrogen-bond donors (Lipinski definition) is 0. The van der Waals surface area contributed by atoms with Crippen LogP contribution in [0.3, 0.4) is 0 Å². The summed E-state index contributed by atoms with van der Waals surface area (Å²) in [6.07, 6.45) is 0. The van der Waals surface area contributed by atoms with Crippen LogP contribution >= 0.6 is 11.6 Å². The van der Waals surface area contributed by atoms with Gasteiger partial charge in [0.15, 0.2) is 0 Å². The summed E-state index contributed by atoms with van der Waals surface area (Å²) >= 11 is 5.91. The average molecular weight is 413 g/mol. The highest BCUT2D eigenvalue weighted by molar-refractivity contribution is 7.92. The Morgan fingerprint density at radius 2 is 1.64 bits per heavy atom. The van der Waals surface area contributed by atoms with E-state index in [-0.39, 0.29) is 11.4 Å². The Morgan fingerprint density at radius 1 is 1.00 bits per heavy atom. The molecule has 0 atom stereocenters. The Labute approximate surface area is 169 Å². The molecule has 5 nitrogen and oxygen atoms in total. The molecule has 0 heterocycles. The minimum atomic E-state index is -3.94. The number of para-hydroxylation sites is 2. The lowest BCUT2D eigenvalue weighted by molar-refractivity contribution is 0.415. The molecule has 0 spiro atoms. The van der Waals surface area contributed by atoms with Gasteiger partial charge < -0.3 is 4.74 Å². The molecule has 0 fully saturated rings. The fraction of sp³-hybridized carbons (Fsp3) is 0.0952. The van der Waals surface area contributed by atoms with Crippen molar-refractivity contribution in [1.82, 2.24) is 0 Å². The zero-order valence-corrected chi connectivity index (χ0v) is 16.6. The van der Waals surface area contributed by atoms with Crippen molar-refractivity contribution in [2.24, 2.45) is 0 Å². The molecule has 0 aliphatic carbocycles. The first-order valence-corrected chi connectivity index (χ1v) is 10.2. The molecule has 0 aliphatic heterocycles. The van der Waals surface area contributed by atoms with Gasteiger partial charge in [-0.1, -0.05) is 41.9 Å². The fourth-order valence-electron chi connectivity index (χ4n) is 2.79. The molecule has 3 aromatic carbocycles. The van der Waals surface area contributed by atoms with Gasteiger partial charge in [-0.2, -0.15) is 5.26 Å². The van der Waals surface area contributed by atoms with Crippen molar-refractivity contribution in [3.63, 3.8) is 0 Å². The first kappa shape index (κ1) is 19.7. The van der Waals surface area contributed by atoms with Crippen molar-refractivity contribution in [1.29, 1.82) is 5.26 Å². The number of nitriles is 1. The third-order valence-corrected chi connectivity index (χ3v) is 6.23. The fourth-order valence-corrected chi connectivity index (χ4v) is 4.37. The molecule has 0 radical (unpaired) electrons. The van der Waals surface area contributed by atoms with Crippen LogP contribution in [0, 0.1) is 11.3 Å². The lowest BCUT2D eigenvalue weighted by Gasteiger charge is -2.26. The van der Waals surface area contributed by atoms with Crippen LogP contribution < -0.4 is 9.04 Å². The molecule has 0 aromatic heterocycles. The Morgan fingerprint density at radius 3 is 2.32 bits per heavy atom. The molecule has 0 bridgehead atoms. The Kier molecular flexibility index (Phi) is 5.88. The number of rotatable bonds is 6. The maximum absolute atomic E-state index is 13.5. The van der Waals surface area contributed by atoms with E-state index in [4.69, 9.17) is 16.3 Å². The second kappa shape index (κ2) is 8.34. The molecule has 0 aliphatic rings. The summed E-state index contributed by atoms with van der Waals surface area (Å²) in [4.78, 5) is 0.0947. The average Bonchev–Trinajstić information content (AvgIpc) is 2.72. The number of nitrogens with zero attached hydrogens (tertiary/aromatic N) is 2. The van der Waals surface area contributed by atoms with Crippen molar-refractivity contribution >= 4 is 27.3 Å². The van der Waals surface area contributed by atoms with Gasteiger partial charge in [0.2, 0.25) is 0 Å². The summed E-state index contributed by atoms with van der Waals surface area (Å²) in [5, 5.41) is 9.84. The Hall–Kier alpha value is -3.01. The topological polar surface area (TPSA) is 70.4 Å². The summed E-state index contributed by atoms with van der Waals surface area (Å²) in [6, 6.07) is 21.8. The van der Waals surface area contributed by atoms with E-state index < -0.39 is 10.0 Å². The van der Waals surface area contributed by atoms with Crippen molar-refractivity contribution < 1.29 is 13.2 Å². The van der Waals surface area contributed by atoms with Gasteiger partial charge in [0.05, 0.1) is 35.9 Å². The largest absolute Gasteiger partial charge is 0.495 e. The van der Waals surface area contributed by atoms with Crippen LogP contribution in [0.15, 0.2) is 77.7 Å². The number of sulfonamides is 1. The van der Waals surface area contributed by atoms with Gasteiger partial charge in [-0.25, -0.2) is 8.42 Å². The molecule has 0 saturated heterocycles. The number of halogens is 1. The van der Waals surface area contributed by atoms with Crippen molar-refractivity contribution in [3.8, 4) is 11.8 Å². The summed E-state index contributed by atoms with van der Waals surface area (Å²) in [5.41, 5.74) is 1.38. The van der Waals surface area contributed by atoms with Crippen molar-refractivity contribution in [3.05, 3.63) is 88.9 Å². The molecule has 28 heavy (non-hydrogen) atoms. The number of methoxy groups -OCH3 is 1. The van der Waals surface area contributed by atoms with E-state index in [1.807, 2.05) is 0 Å². The Balaban J connectivity index is 2.17. The highest BCUT2D eigenvalue weighted by Gasteiger charge is 2.28. The number of anilines is 1. The van der Waals surface area contributed by atoms with Gasteiger partial charge in [0, 0.05) is 5.02 Å². The minimum Gasteiger partial charge on any atom is -0.495 e. The van der Waals surface area contributed by atoms with E-state index in [1.165, 1.54) is 35.7 Å². The summed E-state index contributed by atoms with van der Waals surface area (Å²) in [6.45, 7) is -0.0188. The zero-order chi connectivity index (χ0) is 20.1. The summed E-state index contributed by atoms with van der Waals surface area (Å²) < 4.78 is 33.5. The molecule has 7 heteroatoms. The number of hydrogen-bond acceptors (Lipinski definition) is 4. The van der Waals surface area contributed by atoms with Gasteiger partial charge in [-0.3, -0.25) is 4.31 Å². The molecule has 142 valence electrons. The zero-order valence-electron chi connectivity index (χ0n) is 15.0. The second-order valence-electron chi connectivity index (χ2n) is 5.91. The lowest BCUT2D eigenvalue weighted by atomic mass is 10.1. The maximum Gasteiger partial charge on any atom is 0.264 e. The quantitative estimate of drug-likeness (QED) is 0.592. The normalized spacial score (nSPS) is 10.9. The van der Waals surface area contributed by atoms with Gasteiger partial charge in [0.1, 0.15) is 5.75 Å². The lowest BCUT2D eigenvalue weighted by Crippen LogP contribution is -2.31. The van der Waals surface area contributed by atoms with Crippen molar-refractivity contribution in [2.75, 3.05) is 11.4 Å². The molecule has 0 N–H and O–H groups in total. The van der Waals surface area contributed by atoms with Crippen LogP contribution in [-0.2, 0) is 16.6 Å². The third kappa shape index (κ3) is 3.96. The minimum absolute atomic E-state index is 0.0188. The predicted molar refractivity (Wildman–Crippen MR) is 109 cm³/mol. The molecule has 0 unspecified atom stereocenters. The van der Waals surface area contributed by atoms with E-state index in [0.29, 0.717) is 27.6 Å². The second-order valence-corrected chi connectivity index (χ2v) is 8.21. The standard InChI is InChI=1S/C21H17ClN2O3S/c1-27-21-9-5-4-8-20(21)24(15-17-7-3-2-6-16(17)14-23)28(25,26)19-12-10-18(22)11-13-19/h2-13H,15H2,1H3. The van der Waals surface area contributed by atoms with Gasteiger partial charge in [0.25, 0.3) is 10.0 Å². The molecular weight excluding hydrogens is 396 g/mol. The van der Waals surface area contributed by atoms with Gasteiger partial charge in [-0.05, 0) is 48.0 Å². The maximum atomic E-state index is 13.5. The molecule has 0 amide bonds. The molecule has 3 aromatic rings. The summed E-state index contributed by atoms with van der Waals surface area (Å²) in [7, 11) is -2.46. The van der Waals surface area contributed by atoms with Crippen LogP contribution in [0.25, 0.3) is 0 Å². The first-order valence-electron chi connectivity index (χ1n) is 8.36. The van der Waals surface area contributed by atoms with E-state index >= 15 is 0 Å². The highest BCUT2D eigenvalue weighted by atomic mass is 35.5. The molecule has 3 rings (SSSR count). The van der Waals surface area contributed by atoms with Crippen LogP contribution in [0.4, 0.5) is 5.69 Å². The number of benzene rings is 3. The summed E-state index contributed by atoms with van der Waals surface area (Å²) in [5.74, 6) is 0.412. The van der Waals surface area contributed by atoms with Gasteiger partial charge >= 0.3 is 0 Å². The van der Waals surface area contributed by atoms with Crippen molar-refractivity contribution in [2.45, 2.75) is 11.4 Å². The molecular formula is C21H17ClN2O3S. The van der Waals surface area contributed by atoms with Crippen LogP contribution in [0.2, 0.25) is 5.02 Å². The van der Waals surface area contributed by atoms with Crippen LogP contribution in [0.5, 0.6) is 5.75 Å². The number of ether oxygens (including phenoxy) is 1. The van der Waals surface area contributed by atoms with Crippen LogP contribution in [0.1, 0.15) is 11.1 Å². The van der Waals surface area contributed by atoms with E-state index in [0.717, 1.165) is 0 Å². The smallest absolute Gasteiger partial charge is 0.264 e. The molecule has 0 saturated carbocycles. The van der Waals surface area contributed by atoms with E-state index in [1.54, 1.807) is 48.5 Å².